The minimum atomic E-state index is 0.728. The molecule has 0 bridgehead atoms. The van der Waals surface area contributed by atoms with Crippen LogP contribution in [0.1, 0.15) is 11.4 Å². The zero-order valence-corrected chi connectivity index (χ0v) is 10.1. The number of rotatable bonds is 6. The van der Waals surface area contributed by atoms with Crippen LogP contribution in [-0.2, 0) is 0 Å². The predicted octanol–water partition coefficient (Wildman–Crippen LogP) is 2.42. The van der Waals surface area contributed by atoms with Crippen molar-refractivity contribution in [3.63, 3.8) is 0 Å². The minimum Gasteiger partial charge on any atom is -0.353 e. The Morgan fingerprint density at radius 2 is 2.07 bits per heavy atom. The highest BCUT2D eigenvalue weighted by atomic mass is 32.2. The molecule has 3 nitrogen and oxygen atoms in total. The third-order valence-corrected chi connectivity index (χ3v) is 2.71. The van der Waals surface area contributed by atoms with Crippen LogP contribution in [0.25, 0.3) is 0 Å². The van der Waals surface area contributed by atoms with Crippen molar-refractivity contribution in [1.29, 1.82) is 0 Å². The summed E-state index contributed by atoms with van der Waals surface area (Å²) in [6.07, 6.45) is 1.91. The number of hydrogen-bond acceptors (Lipinski definition) is 4. The first kappa shape index (κ1) is 12.0. The lowest BCUT2D eigenvalue weighted by molar-refractivity contribution is 1.02. The number of nitrogens with zero attached hydrogens (tertiary/aromatic N) is 2. The van der Waals surface area contributed by atoms with Gasteiger partial charge in [-0.25, -0.2) is 9.97 Å². The monoisotopic (exact) mass is 223 g/mol. The highest BCUT2D eigenvalue weighted by molar-refractivity contribution is 7.99. The summed E-state index contributed by atoms with van der Waals surface area (Å²) in [6.45, 7) is 8.52. The molecule has 0 saturated heterocycles. The molecule has 0 atom stereocenters. The van der Waals surface area contributed by atoms with E-state index in [1.165, 1.54) is 0 Å². The maximum atomic E-state index is 4.30. The van der Waals surface area contributed by atoms with Crippen molar-refractivity contribution in [3.05, 3.63) is 30.1 Å². The van der Waals surface area contributed by atoms with Crippen LogP contribution in [0.4, 0.5) is 5.95 Å². The summed E-state index contributed by atoms with van der Waals surface area (Å²) in [6, 6.07) is 1.97. The van der Waals surface area contributed by atoms with Gasteiger partial charge in [0.05, 0.1) is 0 Å². The summed E-state index contributed by atoms with van der Waals surface area (Å²) < 4.78 is 0. The smallest absolute Gasteiger partial charge is 0.223 e. The molecule has 1 rings (SSSR count). The predicted molar refractivity (Wildman–Crippen MR) is 67.5 cm³/mol. The van der Waals surface area contributed by atoms with Crippen molar-refractivity contribution in [3.8, 4) is 0 Å². The first-order valence-electron chi connectivity index (χ1n) is 4.97. The summed E-state index contributed by atoms with van der Waals surface area (Å²) in [5.74, 6) is 2.77. The second-order valence-corrected chi connectivity index (χ2v) is 4.41. The van der Waals surface area contributed by atoms with Crippen molar-refractivity contribution < 1.29 is 0 Å². The van der Waals surface area contributed by atoms with Crippen LogP contribution >= 0.6 is 11.8 Å². The largest absolute Gasteiger partial charge is 0.353 e. The lowest BCUT2D eigenvalue weighted by atomic mass is 10.4. The molecule has 1 heterocycles. The SMILES string of the molecule is C=CCSCCNc1nc(C)cc(C)n1. The average Bonchev–Trinajstić information content (AvgIpc) is 2.16. The van der Waals surface area contributed by atoms with Gasteiger partial charge in [-0.3, -0.25) is 0 Å². The van der Waals surface area contributed by atoms with E-state index in [0.29, 0.717) is 0 Å². The number of thioether (sulfide) groups is 1. The van der Waals surface area contributed by atoms with E-state index in [1.54, 1.807) is 0 Å². The van der Waals surface area contributed by atoms with Gasteiger partial charge < -0.3 is 5.32 Å². The molecule has 0 aromatic carbocycles. The molecule has 0 fully saturated rings. The van der Waals surface area contributed by atoms with Gasteiger partial charge in [0.15, 0.2) is 0 Å². The van der Waals surface area contributed by atoms with Gasteiger partial charge in [-0.2, -0.15) is 11.8 Å². The molecule has 4 heteroatoms. The number of aromatic nitrogens is 2. The van der Waals surface area contributed by atoms with Crippen LogP contribution in [0.5, 0.6) is 0 Å². The highest BCUT2D eigenvalue weighted by Crippen LogP contribution is 2.04. The Labute approximate surface area is 95.4 Å². The summed E-state index contributed by atoms with van der Waals surface area (Å²) >= 11 is 1.84. The highest BCUT2D eigenvalue weighted by Gasteiger charge is 1.97. The lowest BCUT2D eigenvalue weighted by Gasteiger charge is -2.05. The molecule has 0 unspecified atom stereocenters. The maximum absolute atomic E-state index is 4.30. The van der Waals surface area contributed by atoms with Crippen LogP contribution in [0.3, 0.4) is 0 Å². The van der Waals surface area contributed by atoms with Crippen LogP contribution < -0.4 is 5.32 Å². The molecule has 0 radical (unpaired) electrons. The summed E-state index contributed by atoms with van der Waals surface area (Å²) in [4.78, 5) is 8.60. The van der Waals surface area contributed by atoms with E-state index in [2.05, 4.69) is 21.9 Å². The van der Waals surface area contributed by atoms with Crippen molar-refractivity contribution in [2.24, 2.45) is 0 Å². The molecule has 82 valence electrons. The van der Waals surface area contributed by atoms with Gasteiger partial charge in [0.2, 0.25) is 5.95 Å². The number of nitrogens with one attached hydrogen (secondary N) is 1. The van der Waals surface area contributed by atoms with E-state index < -0.39 is 0 Å². The van der Waals surface area contributed by atoms with E-state index in [4.69, 9.17) is 0 Å². The molecule has 0 aliphatic carbocycles. The Balaban J connectivity index is 2.33. The molecule has 15 heavy (non-hydrogen) atoms. The van der Waals surface area contributed by atoms with Crippen LogP contribution in [-0.4, -0.2) is 28.0 Å². The summed E-state index contributed by atoms with van der Waals surface area (Å²) in [7, 11) is 0. The van der Waals surface area contributed by atoms with Crippen molar-refractivity contribution in [2.45, 2.75) is 13.8 Å². The van der Waals surface area contributed by atoms with Gasteiger partial charge in [0, 0.05) is 29.4 Å². The van der Waals surface area contributed by atoms with E-state index in [1.807, 2.05) is 37.8 Å². The zero-order chi connectivity index (χ0) is 11.1. The van der Waals surface area contributed by atoms with Gasteiger partial charge in [-0.1, -0.05) is 6.08 Å². The molecule has 1 aromatic rings. The lowest BCUT2D eigenvalue weighted by Crippen LogP contribution is -2.08. The fourth-order valence-electron chi connectivity index (χ4n) is 1.21. The Kier molecular flexibility index (Phi) is 5.18. The summed E-state index contributed by atoms with van der Waals surface area (Å²) in [5.41, 5.74) is 2.01. The molecule has 0 aliphatic heterocycles. The quantitative estimate of drug-likeness (QED) is 0.594. The number of anilines is 1. The third-order valence-electron chi connectivity index (χ3n) is 1.75. The molecular formula is C11H17N3S. The van der Waals surface area contributed by atoms with Crippen LogP contribution in [0.2, 0.25) is 0 Å². The Hall–Kier alpha value is -1.03. The van der Waals surface area contributed by atoms with Crippen LogP contribution in [0, 0.1) is 13.8 Å². The molecule has 0 amide bonds. The van der Waals surface area contributed by atoms with Gasteiger partial charge in [-0.05, 0) is 19.9 Å². The fraction of sp³-hybridized carbons (Fsp3) is 0.455. The van der Waals surface area contributed by atoms with E-state index in [9.17, 15) is 0 Å². The van der Waals surface area contributed by atoms with Gasteiger partial charge in [-0.15, -0.1) is 6.58 Å². The second kappa shape index (κ2) is 6.45. The molecule has 0 spiro atoms. The van der Waals surface area contributed by atoms with Gasteiger partial charge in [0.25, 0.3) is 0 Å². The molecule has 1 aromatic heterocycles. The van der Waals surface area contributed by atoms with E-state index >= 15 is 0 Å². The Bertz CT molecular complexity index is 305. The van der Waals surface area contributed by atoms with Gasteiger partial charge in [0.1, 0.15) is 0 Å². The van der Waals surface area contributed by atoms with Crippen molar-refractivity contribution in [1.82, 2.24) is 9.97 Å². The Morgan fingerprint density at radius 3 is 2.67 bits per heavy atom. The van der Waals surface area contributed by atoms with E-state index in [0.717, 1.165) is 35.4 Å². The molecule has 0 aliphatic rings. The van der Waals surface area contributed by atoms with Crippen LogP contribution in [0.15, 0.2) is 18.7 Å². The second-order valence-electron chi connectivity index (χ2n) is 3.26. The third kappa shape index (κ3) is 4.83. The Morgan fingerprint density at radius 1 is 1.40 bits per heavy atom. The first-order valence-corrected chi connectivity index (χ1v) is 6.12. The van der Waals surface area contributed by atoms with Crippen molar-refractivity contribution in [2.75, 3.05) is 23.4 Å². The normalized spacial score (nSPS) is 10.0. The zero-order valence-electron chi connectivity index (χ0n) is 9.29. The minimum absolute atomic E-state index is 0.728. The van der Waals surface area contributed by atoms with Gasteiger partial charge >= 0.3 is 0 Å². The standard InChI is InChI=1S/C11H17N3S/c1-4-6-15-7-5-12-11-13-9(2)8-10(3)14-11/h4,8H,1,5-7H2,2-3H3,(H,12,13,14). The average molecular weight is 223 g/mol. The maximum Gasteiger partial charge on any atom is 0.223 e. The van der Waals surface area contributed by atoms with Crippen molar-refractivity contribution >= 4 is 17.7 Å². The topological polar surface area (TPSA) is 37.8 Å². The summed E-state index contributed by atoms with van der Waals surface area (Å²) in [5, 5.41) is 3.21. The number of aryl methyl sites for hydroxylation is 2. The number of hydrogen-bond donors (Lipinski definition) is 1. The molecule has 1 N–H and O–H groups in total. The molecule has 0 saturated carbocycles. The fourth-order valence-corrected chi connectivity index (χ4v) is 1.79. The van der Waals surface area contributed by atoms with E-state index in [-0.39, 0.29) is 0 Å². The first-order chi connectivity index (χ1) is 7.22. The molecular weight excluding hydrogens is 206 g/mol.